The third-order valence-electron chi connectivity index (χ3n) is 3.48. The highest BCUT2D eigenvalue weighted by Crippen LogP contribution is 2.48. The number of thioether (sulfide) groups is 1. The average molecular weight is 564 g/mol. The van der Waals surface area contributed by atoms with Crippen LogP contribution in [0.15, 0.2) is 28.6 Å². The van der Waals surface area contributed by atoms with E-state index in [1.54, 1.807) is 0 Å². The van der Waals surface area contributed by atoms with Crippen LogP contribution < -0.4 is 10.1 Å². The molecule has 5 nitrogen and oxygen atoms in total. The van der Waals surface area contributed by atoms with Crippen LogP contribution in [0.4, 0.5) is 5.13 Å². The molecule has 1 N–H and O–H groups in total. The zero-order valence-electron chi connectivity index (χ0n) is 14.5. The first kappa shape index (κ1) is 24.0. The predicted octanol–water partition coefficient (Wildman–Crippen LogP) is 7.77. The molecule has 3 aromatic rings. The van der Waals surface area contributed by atoms with Gasteiger partial charge in [-0.2, -0.15) is 0 Å². The van der Waals surface area contributed by atoms with Crippen LogP contribution in [-0.4, -0.2) is 22.7 Å². The first-order valence-corrected chi connectivity index (χ1v) is 12.0. The second kappa shape index (κ2) is 10.8. The quantitative estimate of drug-likeness (QED) is 0.138. The van der Waals surface area contributed by atoms with Gasteiger partial charge >= 0.3 is 0 Å². The standard InChI is InChI=1S/C17H9Cl6N3O2S2/c18-8-4-2-1-3-7(8)6-29-17-26-25-16(30-17)24-9(27)5-28-15-13(22)11(20)10(19)12(21)14(15)23/h1-4H,5-6H2,(H,24,25,27). The monoisotopic (exact) mass is 561 g/mol. The van der Waals surface area contributed by atoms with Gasteiger partial charge in [0, 0.05) is 10.8 Å². The summed E-state index contributed by atoms with van der Waals surface area (Å²) in [5.41, 5.74) is 0.979. The number of carbonyl (C=O) groups excluding carboxylic acids is 1. The molecule has 0 bridgehead atoms. The minimum absolute atomic E-state index is 0.000754. The van der Waals surface area contributed by atoms with Crippen LogP contribution in [0.1, 0.15) is 5.56 Å². The number of hydrogen-bond donors (Lipinski definition) is 1. The molecule has 13 heteroatoms. The average Bonchev–Trinajstić information content (AvgIpc) is 3.17. The van der Waals surface area contributed by atoms with E-state index >= 15 is 0 Å². The molecule has 0 aliphatic carbocycles. The minimum atomic E-state index is -0.497. The summed E-state index contributed by atoms with van der Waals surface area (Å²) in [6, 6.07) is 7.53. The largest absolute Gasteiger partial charge is 0.481 e. The lowest BCUT2D eigenvalue weighted by Gasteiger charge is -2.13. The number of benzene rings is 2. The maximum Gasteiger partial charge on any atom is 0.264 e. The SMILES string of the molecule is O=C(COc1c(Cl)c(Cl)c(Cl)c(Cl)c1Cl)Nc1nnc(SCc2ccccc2Cl)s1. The smallest absolute Gasteiger partial charge is 0.264 e. The maximum absolute atomic E-state index is 12.2. The van der Waals surface area contributed by atoms with Gasteiger partial charge in [0.05, 0.1) is 15.1 Å². The van der Waals surface area contributed by atoms with Crippen LogP contribution in [0.2, 0.25) is 30.1 Å². The van der Waals surface area contributed by atoms with Gasteiger partial charge in [-0.15, -0.1) is 10.2 Å². The van der Waals surface area contributed by atoms with Gasteiger partial charge in [0.2, 0.25) is 5.13 Å². The van der Waals surface area contributed by atoms with E-state index in [0.29, 0.717) is 20.2 Å². The van der Waals surface area contributed by atoms with Gasteiger partial charge < -0.3 is 4.74 Å². The lowest BCUT2D eigenvalue weighted by molar-refractivity contribution is -0.118. The van der Waals surface area contributed by atoms with Crippen molar-refractivity contribution in [3.8, 4) is 5.75 Å². The van der Waals surface area contributed by atoms with Crippen LogP contribution in [0.3, 0.4) is 0 Å². The van der Waals surface area contributed by atoms with E-state index in [0.717, 1.165) is 5.56 Å². The second-order valence-corrected chi connectivity index (χ2v) is 9.99. The van der Waals surface area contributed by atoms with Crippen molar-refractivity contribution >= 4 is 104 Å². The summed E-state index contributed by atoms with van der Waals surface area (Å²) in [5.74, 6) is 0.0877. The van der Waals surface area contributed by atoms with Crippen LogP contribution >= 0.6 is 92.7 Å². The zero-order chi connectivity index (χ0) is 21.8. The Bertz CT molecular complexity index is 1070. The van der Waals surface area contributed by atoms with Gasteiger partial charge in [-0.25, -0.2) is 0 Å². The van der Waals surface area contributed by atoms with Gasteiger partial charge in [0.1, 0.15) is 10.0 Å². The van der Waals surface area contributed by atoms with E-state index < -0.39 is 12.5 Å². The summed E-state index contributed by atoms with van der Waals surface area (Å²) in [7, 11) is 0. The topological polar surface area (TPSA) is 64.1 Å². The van der Waals surface area contributed by atoms with Crippen molar-refractivity contribution in [2.45, 2.75) is 10.1 Å². The molecule has 1 amide bonds. The first-order chi connectivity index (χ1) is 14.3. The molecule has 1 aromatic heterocycles. The lowest BCUT2D eigenvalue weighted by Crippen LogP contribution is -2.20. The Morgan fingerprint density at radius 3 is 2.27 bits per heavy atom. The minimum Gasteiger partial charge on any atom is -0.481 e. The molecule has 158 valence electrons. The molecule has 0 unspecified atom stereocenters. The fourth-order valence-electron chi connectivity index (χ4n) is 2.08. The number of aromatic nitrogens is 2. The van der Waals surface area contributed by atoms with Crippen LogP contribution in [-0.2, 0) is 10.5 Å². The number of carbonyl (C=O) groups is 1. The molecule has 2 aromatic carbocycles. The maximum atomic E-state index is 12.2. The highest BCUT2D eigenvalue weighted by atomic mass is 35.5. The van der Waals surface area contributed by atoms with Crippen molar-refractivity contribution in [1.29, 1.82) is 0 Å². The predicted molar refractivity (Wildman–Crippen MR) is 127 cm³/mol. The van der Waals surface area contributed by atoms with E-state index in [1.165, 1.54) is 23.1 Å². The summed E-state index contributed by atoms with van der Waals surface area (Å²) in [5, 5.41) is 11.4. The normalized spacial score (nSPS) is 10.9. The van der Waals surface area contributed by atoms with Gasteiger partial charge in [-0.05, 0) is 11.6 Å². The van der Waals surface area contributed by atoms with Gasteiger partial charge in [0.15, 0.2) is 16.7 Å². The molecule has 0 aliphatic rings. The molecule has 1 heterocycles. The first-order valence-electron chi connectivity index (χ1n) is 7.91. The second-order valence-electron chi connectivity index (χ2n) is 5.49. The third kappa shape index (κ3) is 5.78. The molecule has 0 atom stereocenters. The molecule has 0 aliphatic heterocycles. The molecule has 3 rings (SSSR count). The summed E-state index contributed by atoms with van der Waals surface area (Å²) in [6.07, 6.45) is 0. The number of rotatable bonds is 7. The fourth-order valence-corrected chi connectivity index (χ4v) is 5.36. The molecular formula is C17H9Cl6N3O2S2. The zero-order valence-corrected chi connectivity index (χ0v) is 20.7. The Morgan fingerprint density at radius 2 is 1.60 bits per heavy atom. The molecular weight excluding hydrogens is 555 g/mol. The van der Waals surface area contributed by atoms with Crippen molar-refractivity contribution in [2.24, 2.45) is 0 Å². The van der Waals surface area contributed by atoms with E-state index in [4.69, 9.17) is 74.3 Å². The molecule has 0 saturated heterocycles. The third-order valence-corrected chi connectivity index (χ3v) is 8.11. The molecule has 0 fully saturated rings. The Labute approximate surface area is 209 Å². The van der Waals surface area contributed by atoms with Crippen molar-refractivity contribution in [1.82, 2.24) is 10.2 Å². The lowest BCUT2D eigenvalue weighted by atomic mass is 10.2. The number of anilines is 1. The number of ether oxygens (including phenoxy) is 1. The summed E-state index contributed by atoms with van der Waals surface area (Å²) in [6.45, 7) is -0.407. The van der Waals surface area contributed by atoms with Gasteiger partial charge in [0.25, 0.3) is 5.91 Å². The Morgan fingerprint density at radius 1 is 0.967 bits per heavy atom. The highest BCUT2D eigenvalue weighted by molar-refractivity contribution is 8.00. The number of nitrogens with one attached hydrogen (secondary N) is 1. The fraction of sp³-hybridized carbons (Fsp3) is 0.118. The molecule has 0 spiro atoms. The Kier molecular flexibility index (Phi) is 8.63. The van der Waals surface area contributed by atoms with Crippen LogP contribution in [0, 0.1) is 0 Å². The van der Waals surface area contributed by atoms with E-state index in [9.17, 15) is 4.79 Å². The molecule has 0 saturated carbocycles. The van der Waals surface area contributed by atoms with Crippen molar-refractivity contribution in [2.75, 3.05) is 11.9 Å². The van der Waals surface area contributed by atoms with Gasteiger partial charge in [-0.1, -0.05) is 111 Å². The number of amides is 1. The Hall–Kier alpha value is -0.640. The summed E-state index contributed by atoms with van der Waals surface area (Å²) in [4.78, 5) is 12.2. The van der Waals surface area contributed by atoms with E-state index in [1.807, 2.05) is 24.3 Å². The highest BCUT2D eigenvalue weighted by Gasteiger charge is 2.21. The molecule has 0 radical (unpaired) electrons. The Balaban J connectivity index is 1.57. The number of halogens is 6. The van der Waals surface area contributed by atoms with E-state index in [2.05, 4.69) is 15.5 Å². The summed E-state index contributed by atoms with van der Waals surface area (Å²) >= 11 is 38.8. The van der Waals surface area contributed by atoms with Crippen LogP contribution in [0.5, 0.6) is 5.75 Å². The number of hydrogen-bond acceptors (Lipinski definition) is 6. The van der Waals surface area contributed by atoms with Crippen molar-refractivity contribution in [3.05, 3.63) is 60.0 Å². The van der Waals surface area contributed by atoms with Crippen LogP contribution in [0.25, 0.3) is 0 Å². The number of nitrogens with zero attached hydrogens (tertiary/aromatic N) is 2. The van der Waals surface area contributed by atoms with E-state index in [-0.39, 0.29) is 30.9 Å². The van der Waals surface area contributed by atoms with Crippen molar-refractivity contribution in [3.63, 3.8) is 0 Å². The summed E-state index contributed by atoms with van der Waals surface area (Å²) < 4.78 is 6.05. The van der Waals surface area contributed by atoms with Gasteiger partial charge in [-0.3, -0.25) is 10.1 Å². The van der Waals surface area contributed by atoms with Crippen molar-refractivity contribution < 1.29 is 9.53 Å². The molecule has 30 heavy (non-hydrogen) atoms.